The van der Waals surface area contributed by atoms with Crippen LogP contribution >= 0.6 is 0 Å². The number of hydrogen-bond donors (Lipinski definition) is 1. The van der Waals surface area contributed by atoms with Gasteiger partial charge in [-0.3, -0.25) is 0 Å². The molecule has 0 bridgehead atoms. The number of hydrogen-bond acceptors (Lipinski definition) is 2. The van der Waals surface area contributed by atoms with E-state index in [1.807, 2.05) is 0 Å². The van der Waals surface area contributed by atoms with Gasteiger partial charge in [-0.25, -0.2) is 0 Å². The quantitative estimate of drug-likeness (QED) is 0.567. The van der Waals surface area contributed by atoms with Gasteiger partial charge in [-0.2, -0.15) is 0 Å². The summed E-state index contributed by atoms with van der Waals surface area (Å²) in [7, 11) is 1.76. The highest BCUT2D eigenvalue weighted by molar-refractivity contribution is 4.51. The maximum atomic E-state index is 4.96. The van der Waals surface area contributed by atoms with Crippen LogP contribution < -0.4 is 5.32 Å². The minimum absolute atomic E-state index is 0.816. The van der Waals surface area contributed by atoms with Gasteiger partial charge in [0.1, 0.15) is 0 Å². The van der Waals surface area contributed by atoms with Crippen LogP contribution in [0.15, 0.2) is 0 Å². The number of rotatable bonds is 8. The van der Waals surface area contributed by atoms with Crippen molar-refractivity contribution in [2.24, 2.45) is 5.92 Å². The molecule has 1 N–H and O–H groups in total. The normalized spacial score (nSPS) is 11.0. The first-order chi connectivity index (χ1) is 5.77. The van der Waals surface area contributed by atoms with Crippen molar-refractivity contribution in [1.29, 1.82) is 0 Å². The zero-order valence-electron chi connectivity index (χ0n) is 8.73. The fourth-order valence-corrected chi connectivity index (χ4v) is 1.01. The van der Waals surface area contributed by atoms with Gasteiger partial charge in [0.2, 0.25) is 0 Å². The van der Waals surface area contributed by atoms with Crippen LogP contribution in [0, 0.1) is 5.92 Å². The van der Waals surface area contributed by atoms with E-state index in [9.17, 15) is 0 Å². The summed E-state index contributed by atoms with van der Waals surface area (Å²) < 4.78 is 4.96. The summed E-state index contributed by atoms with van der Waals surface area (Å²) in [4.78, 5) is 0. The minimum Gasteiger partial charge on any atom is -0.385 e. The molecule has 12 heavy (non-hydrogen) atoms. The second-order valence-corrected chi connectivity index (χ2v) is 3.63. The summed E-state index contributed by atoms with van der Waals surface area (Å²) >= 11 is 0. The lowest BCUT2D eigenvalue weighted by atomic mass is 10.1. The van der Waals surface area contributed by atoms with Crippen LogP contribution in [0.25, 0.3) is 0 Å². The van der Waals surface area contributed by atoms with Crippen LogP contribution in [0.4, 0.5) is 0 Å². The van der Waals surface area contributed by atoms with E-state index in [2.05, 4.69) is 19.2 Å². The van der Waals surface area contributed by atoms with Crippen LogP contribution in [0.3, 0.4) is 0 Å². The fraction of sp³-hybridized carbons (Fsp3) is 1.00. The Labute approximate surface area is 76.7 Å². The molecular weight excluding hydrogens is 150 g/mol. The van der Waals surface area contributed by atoms with E-state index in [4.69, 9.17) is 4.74 Å². The lowest BCUT2D eigenvalue weighted by Crippen LogP contribution is -2.18. The molecule has 0 aromatic rings. The number of methoxy groups -OCH3 is 1. The highest BCUT2D eigenvalue weighted by atomic mass is 16.5. The summed E-state index contributed by atoms with van der Waals surface area (Å²) in [5, 5.41) is 3.42. The van der Waals surface area contributed by atoms with Crippen molar-refractivity contribution in [2.75, 3.05) is 26.8 Å². The van der Waals surface area contributed by atoms with Crippen LogP contribution in [-0.4, -0.2) is 26.8 Å². The molecule has 74 valence electrons. The lowest BCUT2D eigenvalue weighted by molar-refractivity contribution is 0.192. The molecular formula is C10H23NO. The molecule has 0 fully saturated rings. The SMILES string of the molecule is COCCCCNCCC(C)C. The Hall–Kier alpha value is -0.0800. The Morgan fingerprint density at radius 3 is 2.50 bits per heavy atom. The summed E-state index contributed by atoms with van der Waals surface area (Å²) in [5.74, 6) is 0.816. The first-order valence-electron chi connectivity index (χ1n) is 4.97. The molecule has 0 radical (unpaired) electrons. The van der Waals surface area contributed by atoms with E-state index < -0.39 is 0 Å². The number of unbranched alkanes of at least 4 members (excludes halogenated alkanes) is 1. The lowest BCUT2D eigenvalue weighted by Gasteiger charge is -2.06. The van der Waals surface area contributed by atoms with Gasteiger partial charge in [0.05, 0.1) is 0 Å². The number of nitrogens with one attached hydrogen (secondary N) is 1. The summed E-state index contributed by atoms with van der Waals surface area (Å²) in [5.41, 5.74) is 0. The average molecular weight is 173 g/mol. The van der Waals surface area contributed by atoms with Gasteiger partial charge in [-0.1, -0.05) is 13.8 Å². The summed E-state index contributed by atoms with van der Waals surface area (Å²) in [6.07, 6.45) is 3.68. The van der Waals surface area contributed by atoms with Crippen LogP contribution in [-0.2, 0) is 4.74 Å². The molecule has 0 saturated carbocycles. The summed E-state index contributed by atoms with van der Waals surface area (Å²) in [6.45, 7) is 7.70. The van der Waals surface area contributed by atoms with Crippen molar-refractivity contribution in [3.8, 4) is 0 Å². The standard InChI is InChI=1S/C10H23NO/c1-10(2)6-8-11-7-4-5-9-12-3/h10-11H,4-9H2,1-3H3. The second kappa shape index (κ2) is 9.01. The minimum atomic E-state index is 0.816. The molecule has 0 amide bonds. The molecule has 0 aliphatic rings. The predicted molar refractivity (Wildman–Crippen MR) is 53.4 cm³/mol. The summed E-state index contributed by atoms with van der Waals surface area (Å²) in [6, 6.07) is 0. The molecule has 0 aliphatic heterocycles. The third-order valence-corrected chi connectivity index (χ3v) is 1.85. The van der Waals surface area contributed by atoms with E-state index in [1.165, 1.54) is 19.3 Å². The average Bonchev–Trinajstić information content (AvgIpc) is 2.02. The van der Waals surface area contributed by atoms with Gasteiger partial charge in [-0.05, 0) is 38.3 Å². The molecule has 2 heteroatoms. The van der Waals surface area contributed by atoms with Crippen LogP contribution in [0.2, 0.25) is 0 Å². The second-order valence-electron chi connectivity index (χ2n) is 3.63. The van der Waals surface area contributed by atoms with E-state index in [0.717, 1.165) is 25.6 Å². The monoisotopic (exact) mass is 173 g/mol. The fourth-order valence-electron chi connectivity index (χ4n) is 1.01. The van der Waals surface area contributed by atoms with E-state index in [-0.39, 0.29) is 0 Å². The van der Waals surface area contributed by atoms with Crippen molar-refractivity contribution in [1.82, 2.24) is 5.32 Å². The largest absolute Gasteiger partial charge is 0.385 e. The van der Waals surface area contributed by atoms with E-state index >= 15 is 0 Å². The highest BCUT2D eigenvalue weighted by Crippen LogP contribution is 1.96. The van der Waals surface area contributed by atoms with Crippen molar-refractivity contribution in [2.45, 2.75) is 33.1 Å². The Kier molecular flexibility index (Phi) is 8.95. The van der Waals surface area contributed by atoms with Crippen molar-refractivity contribution >= 4 is 0 Å². The van der Waals surface area contributed by atoms with Gasteiger partial charge in [-0.15, -0.1) is 0 Å². The van der Waals surface area contributed by atoms with Gasteiger partial charge in [0.15, 0.2) is 0 Å². The molecule has 0 heterocycles. The maximum Gasteiger partial charge on any atom is 0.0462 e. The van der Waals surface area contributed by atoms with Gasteiger partial charge < -0.3 is 10.1 Å². The zero-order valence-corrected chi connectivity index (χ0v) is 8.73. The van der Waals surface area contributed by atoms with Crippen molar-refractivity contribution in [3.63, 3.8) is 0 Å². The van der Waals surface area contributed by atoms with Gasteiger partial charge >= 0.3 is 0 Å². The molecule has 0 atom stereocenters. The van der Waals surface area contributed by atoms with Crippen molar-refractivity contribution in [3.05, 3.63) is 0 Å². The Morgan fingerprint density at radius 1 is 1.17 bits per heavy atom. The third kappa shape index (κ3) is 9.92. The molecule has 0 aromatic heterocycles. The first-order valence-corrected chi connectivity index (χ1v) is 4.97. The first kappa shape index (κ1) is 11.9. The van der Waals surface area contributed by atoms with Crippen molar-refractivity contribution < 1.29 is 4.74 Å². The molecule has 0 aliphatic carbocycles. The molecule has 0 saturated heterocycles. The van der Waals surface area contributed by atoms with E-state index in [1.54, 1.807) is 7.11 Å². The molecule has 0 spiro atoms. The molecule has 0 aromatic carbocycles. The van der Waals surface area contributed by atoms with E-state index in [0.29, 0.717) is 0 Å². The van der Waals surface area contributed by atoms with Gasteiger partial charge in [0, 0.05) is 13.7 Å². The molecule has 2 nitrogen and oxygen atoms in total. The maximum absolute atomic E-state index is 4.96. The Bertz CT molecular complexity index is 83.9. The Morgan fingerprint density at radius 2 is 1.92 bits per heavy atom. The smallest absolute Gasteiger partial charge is 0.0462 e. The number of ether oxygens (including phenoxy) is 1. The molecule has 0 rings (SSSR count). The predicted octanol–water partition coefficient (Wildman–Crippen LogP) is 2.05. The van der Waals surface area contributed by atoms with Crippen LogP contribution in [0.1, 0.15) is 33.1 Å². The topological polar surface area (TPSA) is 21.3 Å². The third-order valence-electron chi connectivity index (χ3n) is 1.85. The van der Waals surface area contributed by atoms with Gasteiger partial charge in [0.25, 0.3) is 0 Å². The van der Waals surface area contributed by atoms with Crippen LogP contribution in [0.5, 0.6) is 0 Å². The highest BCUT2D eigenvalue weighted by Gasteiger charge is 1.92. The molecule has 0 unspecified atom stereocenters. The Balaban J connectivity index is 2.82. The zero-order chi connectivity index (χ0) is 9.23.